The zero-order chi connectivity index (χ0) is 27.5. The number of esters is 1. The number of hydrogen-bond donors (Lipinski definition) is 1. The van der Waals surface area contributed by atoms with Crippen LogP contribution in [-0.4, -0.2) is 57.3 Å². The summed E-state index contributed by atoms with van der Waals surface area (Å²) in [7, 11) is -7.63. The number of amides is 1. The van der Waals surface area contributed by atoms with E-state index in [1.54, 1.807) is 6.92 Å². The van der Waals surface area contributed by atoms with E-state index in [-0.39, 0.29) is 33.3 Å². The molecule has 0 radical (unpaired) electrons. The SMILES string of the molecule is CCOC(=O)Cn1c(=NC(=O)c2ccc(S(=O)(=O)N3CCCCCC3)cc2)sc2cc(S(N)(=O)=O)ccc21. The van der Waals surface area contributed by atoms with Gasteiger partial charge in [-0.05, 0) is 62.2 Å². The Labute approximate surface area is 224 Å². The number of benzene rings is 2. The first-order valence-electron chi connectivity index (χ1n) is 12.0. The van der Waals surface area contributed by atoms with E-state index < -0.39 is 31.9 Å². The molecule has 2 heterocycles. The third-order valence-electron chi connectivity index (χ3n) is 6.08. The number of carbonyl (C=O) groups excluding carboxylic acids is 2. The molecule has 1 saturated heterocycles. The number of ether oxygens (including phenoxy) is 1. The molecule has 3 aromatic rings. The quantitative estimate of drug-likeness (QED) is 0.420. The smallest absolute Gasteiger partial charge is 0.326 e. The molecule has 1 aliphatic heterocycles. The van der Waals surface area contributed by atoms with Gasteiger partial charge in [-0.15, -0.1) is 0 Å². The molecular weight excluding hydrogens is 552 g/mol. The van der Waals surface area contributed by atoms with Gasteiger partial charge in [0.15, 0.2) is 4.80 Å². The average Bonchev–Trinajstić information content (AvgIpc) is 3.02. The van der Waals surface area contributed by atoms with Crippen molar-refractivity contribution in [3.05, 3.63) is 52.8 Å². The highest BCUT2D eigenvalue weighted by molar-refractivity contribution is 7.89. The van der Waals surface area contributed by atoms with Crippen LogP contribution < -0.4 is 9.94 Å². The van der Waals surface area contributed by atoms with Crippen molar-refractivity contribution in [2.24, 2.45) is 10.1 Å². The van der Waals surface area contributed by atoms with E-state index in [9.17, 15) is 26.4 Å². The van der Waals surface area contributed by atoms with Gasteiger partial charge in [0.05, 0.1) is 26.6 Å². The van der Waals surface area contributed by atoms with E-state index >= 15 is 0 Å². The van der Waals surface area contributed by atoms with Gasteiger partial charge in [-0.2, -0.15) is 9.30 Å². The van der Waals surface area contributed by atoms with Crippen LogP contribution in [0, 0.1) is 0 Å². The van der Waals surface area contributed by atoms with Crippen LogP contribution in [0.1, 0.15) is 43.0 Å². The number of carbonyl (C=O) groups is 2. The molecule has 14 heteroatoms. The van der Waals surface area contributed by atoms with Crippen molar-refractivity contribution < 1.29 is 31.2 Å². The van der Waals surface area contributed by atoms with E-state index in [1.165, 1.54) is 51.3 Å². The van der Waals surface area contributed by atoms with E-state index in [2.05, 4.69) is 4.99 Å². The largest absolute Gasteiger partial charge is 0.465 e. The molecule has 2 N–H and O–H groups in total. The molecule has 0 bridgehead atoms. The molecular formula is C24H28N4O7S3. The first-order valence-corrected chi connectivity index (χ1v) is 15.8. The number of aromatic nitrogens is 1. The maximum absolute atomic E-state index is 13.0. The van der Waals surface area contributed by atoms with Crippen molar-refractivity contribution in [2.45, 2.75) is 48.9 Å². The second-order valence-electron chi connectivity index (χ2n) is 8.71. The fraction of sp³-hybridized carbons (Fsp3) is 0.375. The van der Waals surface area contributed by atoms with Crippen LogP contribution >= 0.6 is 11.3 Å². The lowest BCUT2D eigenvalue weighted by Gasteiger charge is -2.19. The first-order chi connectivity index (χ1) is 18.0. The van der Waals surface area contributed by atoms with Gasteiger partial charge in [0.1, 0.15) is 6.54 Å². The molecule has 38 heavy (non-hydrogen) atoms. The van der Waals surface area contributed by atoms with Crippen molar-refractivity contribution in [1.29, 1.82) is 0 Å². The van der Waals surface area contributed by atoms with Crippen LogP contribution in [0.4, 0.5) is 0 Å². The Kier molecular flexibility index (Phi) is 8.47. The maximum Gasteiger partial charge on any atom is 0.326 e. The Balaban J connectivity index is 1.69. The number of sulfonamides is 2. The number of hydrogen-bond acceptors (Lipinski definition) is 8. The molecule has 4 rings (SSSR count). The van der Waals surface area contributed by atoms with Crippen molar-refractivity contribution in [3.63, 3.8) is 0 Å². The van der Waals surface area contributed by atoms with Gasteiger partial charge < -0.3 is 9.30 Å². The average molecular weight is 581 g/mol. The minimum Gasteiger partial charge on any atom is -0.465 e. The van der Waals surface area contributed by atoms with Gasteiger partial charge in [0.25, 0.3) is 5.91 Å². The number of rotatable bonds is 7. The van der Waals surface area contributed by atoms with Gasteiger partial charge in [-0.25, -0.2) is 22.0 Å². The number of nitrogens with two attached hydrogens (primary N) is 1. The van der Waals surface area contributed by atoms with Crippen LogP contribution in [-0.2, 0) is 36.1 Å². The van der Waals surface area contributed by atoms with Gasteiger partial charge >= 0.3 is 5.97 Å². The molecule has 2 aromatic carbocycles. The van der Waals surface area contributed by atoms with Crippen LogP contribution in [0.3, 0.4) is 0 Å². The summed E-state index contributed by atoms with van der Waals surface area (Å²) >= 11 is 1.01. The van der Waals surface area contributed by atoms with E-state index in [4.69, 9.17) is 9.88 Å². The fourth-order valence-electron chi connectivity index (χ4n) is 4.16. The lowest BCUT2D eigenvalue weighted by molar-refractivity contribution is -0.143. The van der Waals surface area contributed by atoms with E-state index in [1.807, 2.05) is 0 Å². The van der Waals surface area contributed by atoms with Crippen LogP contribution in [0.25, 0.3) is 10.2 Å². The van der Waals surface area contributed by atoms with Crippen molar-refractivity contribution in [3.8, 4) is 0 Å². The Morgan fingerprint density at radius 3 is 2.21 bits per heavy atom. The minimum atomic E-state index is -3.97. The number of primary sulfonamides is 1. The highest BCUT2D eigenvalue weighted by atomic mass is 32.2. The predicted octanol–water partition coefficient (Wildman–Crippen LogP) is 2.22. The molecule has 0 aliphatic carbocycles. The fourth-order valence-corrected chi connectivity index (χ4v) is 7.35. The summed E-state index contributed by atoms with van der Waals surface area (Å²) in [5.74, 6) is -1.21. The van der Waals surface area contributed by atoms with Crippen LogP contribution in [0.15, 0.2) is 57.2 Å². The molecule has 0 spiro atoms. The normalized spacial score (nSPS) is 15.9. The van der Waals surface area contributed by atoms with Gasteiger partial charge in [0, 0.05) is 18.7 Å². The number of fused-ring (bicyclic) bond motifs is 1. The third-order valence-corrected chi connectivity index (χ3v) is 9.94. The highest BCUT2D eigenvalue weighted by Crippen LogP contribution is 2.23. The topological polar surface area (TPSA) is 158 Å². The van der Waals surface area contributed by atoms with Crippen LogP contribution in [0.5, 0.6) is 0 Å². The first kappa shape index (κ1) is 28.1. The summed E-state index contributed by atoms with van der Waals surface area (Å²) in [6.45, 7) is 2.52. The van der Waals surface area contributed by atoms with E-state index in [0.29, 0.717) is 23.3 Å². The summed E-state index contributed by atoms with van der Waals surface area (Å²) in [4.78, 5) is 29.5. The molecule has 11 nitrogen and oxygen atoms in total. The second kappa shape index (κ2) is 11.5. The summed E-state index contributed by atoms with van der Waals surface area (Å²) in [6, 6.07) is 9.72. The second-order valence-corrected chi connectivity index (χ2v) is 13.2. The molecule has 0 unspecified atom stereocenters. The maximum atomic E-state index is 13.0. The monoisotopic (exact) mass is 580 g/mol. The van der Waals surface area contributed by atoms with Gasteiger partial charge in [-0.1, -0.05) is 24.2 Å². The summed E-state index contributed by atoms with van der Waals surface area (Å²) in [5.41, 5.74) is 0.631. The Morgan fingerprint density at radius 1 is 0.974 bits per heavy atom. The molecule has 0 atom stereocenters. The zero-order valence-electron chi connectivity index (χ0n) is 20.7. The Bertz CT molecular complexity index is 1630. The summed E-state index contributed by atoms with van der Waals surface area (Å²) in [5, 5.41) is 5.24. The molecule has 1 fully saturated rings. The lowest BCUT2D eigenvalue weighted by Crippen LogP contribution is -2.31. The standard InChI is InChI=1S/C24H28N4O7S3/c1-2-35-22(29)16-28-20-12-11-19(37(25,31)32)15-21(20)36-24(28)26-23(30)17-7-9-18(10-8-17)38(33,34)27-13-5-3-4-6-14-27/h7-12,15H,2-6,13-14,16H2,1H3,(H2,25,31,32). The molecule has 1 aliphatic rings. The molecule has 0 saturated carbocycles. The summed E-state index contributed by atoms with van der Waals surface area (Å²) in [6.07, 6.45) is 3.62. The van der Waals surface area contributed by atoms with Crippen molar-refractivity contribution in [2.75, 3.05) is 19.7 Å². The molecule has 1 aromatic heterocycles. The highest BCUT2D eigenvalue weighted by Gasteiger charge is 2.25. The number of nitrogens with zero attached hydrogens (tertiary/aromatic N) is 3. The zero-order valence-corrected chi connectivity index (χ0v) is 23.1. The number of thiazole rings is 1. The summed E-state index contributed by atoms with van der Waals surface area (Å²) < 4.78 is 58.1. The Morgan fingerprint density at radius 2 is 1.61 bits per heavy atom. The molecule has 204 valence electrons. The minimum absolute atomic E-state index is 0.103. The van der Waals surface area contributed by atoms with E-state index in [0.717, 1.165) is 37.0 Å². The Hall–Kier alpha value is -2.91. The van der Waals surface area contributed by atoms with Crippen molar-refractivity contribution in [1.82, 2.24) is 8.87 Å². The van der Waals surface area contributed by atoms with Gasteiger partial charge in [-0.3, -0.25) is 9.59 Å². The third kappa shape index (κ3) is 6.21. The van der Waals surface area contributed by atoms with Gasteiger partial charge in [0.2, 0.25) is 20.0 Å². The van der Waals surface area contributed by atoms with Crippen LogP contribution in [0.2, 0.25) is 0 Å². The van der Waals surface area contributed by atoms with Crippen molar-refractivity contribution >= 4 is 53.5 Å². The predicted molar refractivity (Wildman–Crippen MR) is 141 cm³/mol. The molecule has 1 amide bonds. The lowest BCUT2D eigenvalue weighted by atomic mass is 10.2.